The highest BCUT2D eigenvalue weighted by Crippen LogP contribution is 2.25. The molecule has 0 radical (unpaired) electrons. The van der Waals surface area contributed by atoms with E-state index in [1.54, 1.807) is 6.07 Å². The molecular weight excluding hydrogens is 231 g/mol. The highest BCUT2D eigenvalue weighted by Gasteiger charge is 2.20. The molecule has 0 unspecified atom stereocenters. The maximum Gasteiger partial charge on any atom is 0.0985 e. The van der Waals surface area contributed by atoms with E-state index in [1.165, 1.54) is 0 Å². The summed E-state index contributed by atoms with van der Waals surface area (Å²) in [5.41, 5.74) is 6.79. The fourth-order valence-electron chi connectivity index (χ4n) is 1.34. The number of hydrogen-bond acceptors (Lipinski definition) is 1. The summed E-state index contributed by atoms with van der Waals surface area (Å²) in [6.07, 6.45) is 2.93. The van der Waals surface area contributed by atoms with Crippen LogP contribution in [-0.2, 0) is 6.42 Å². The molecule has 1 aliphatic rings. The molecule has 0 spiro atoms. The monoisotopic (exact) mass is 242 g/mol. The molecule has 0 amide bonds. The van der Waals surface area contributed by atoms with Gasteiger partial charge in [0.05, 0.1) is 11.9 Å². The average Bonchev–Trinajstić information content (AvgIpc) is 2.94. The lowest BCUT2D eigenvalue weighted by atomic mass is 10.1. The third kappa shape index (κ3) is 3.11. The molecule has 0 atom stereocenters. The molecule has 0 aromatic heterocycles. The van der Waals surface area contributed by atoms with Crippen molar-refractivity contribution in [3.63, 3.8) is 0 Å². The number of nitrogens with zero attached hydrogens (tertiary/aromatic N) is 1. The number of nitrogens with two attached hydrogens (primary N) is 1. The van der Waals surface area contributed by atoms with Crippen molar-refractivity contribution in [3.8, 4) is 0 Å². The number of amidine groups is 1. The smallest absolute Gasteiger partial charge is 0.0985 e. The van der Waals surface area contributed by atoms with Crippen molar-refractivity contribution >= 4 is 29.0 Å². The minimum absolute atomic E-state index is 0.455. The van der Waals surface area contributed by atoms with Crippen LogP contribution in [-0.4, -0.2) is 11.9 Å². The van der Waals surface area contributed by atoms with Gasteiger partial charge in [0.25, 0.3) is 0 Å². The van der Waals surface area contributed by atoms with Crippen LogP contribution in [0.25, 0.3) is 0 Å². The van der Waals surface area contributed by atoms with E-state index in [4.69, 9.17) is 28.9 Å². The minimum Gasteiger partial charge on any atom is -0.387 e. The molecule has 4 heteroatoms. The number of aliphatic imine (C=N–C) groups is 1. The first-order valence-electron chi connectivity index (χ1n) is 4.91. The Labute approximate surface area is 99.1 Å². The van der Waals surface area contributed by atoms with E-state index >= 15 is 0 Å². The Hall–Kier alpha value is -0.730. The second kappa shape index (κ2) is 4.42. The quantitative estimate of drug-likeness (QED) is 0.643. The van der Waals surface area contributed by atoms with Gasteiger partial charge in [-0.1, -0.05) is 29.3 Å². The van der Waals surface area contributed by atoms with Gasteiger partial charge in [-0.2, -0.15) is 0 Å². The van der Waals surface area contributed by atoms with Crippen LogP contribution >= 0.6 is 23.2 Å². The van der Waals surface area contributed by atoms with Crippen LogP contribution in [0.1, 0.15) is 18.4 Å². The van der Waals surface area contributed by atoms with Gasteiger partial charge in [-0.25, -0.2) is 0 Å². The van der Waals surface area contributed by atoms with Crippen molar-refractivity contribution in [2.45, 2.75) is 25.3 Å². The fourth-order valence-corrected chi connectivity index (χ4v) is 1.82. The van der Waals surface area contributed by atoms with Gasteiger partial charge in [0.1, 0.15) is 0 Å². The van der Waals surface area contributed by atoms with Gasteiger partial charge < -0.3 is 5.73 Å². The van der Waals surface area contributed by atoms with Crippen molar-refractivity contribution in [1.82, 2.24) is 0 Å². The molecule has 0 heterocycles. The lowest BCUT2D eigenvalue weighted by Gasteiger charge is -2.04. The van der Waals surface area contributed by atoms with E-state index < -0.39 is 0 Å². The van der Waals surface area contributed by atoms with Crippen molar-refractivity contribution in [1.29, 1.82) is 0 Å². The van der Waals surface area contributed by atoms with Gasteiger partial charge in [-0.3, -0.25) is 4.99 Å². The standard InChI is InChI=1S/C11H12Cl2N2/c12-8-2-1-7(10(13)6-8)5-11(14)15-9-3-4-9/h1-2,6,9H,3-5H2,(H2,14,15). The van der Waals surface area contributed by atoms with Gasteiger partial charge in [-0.15, -0.1) is 0 Å². The predicted octanol–water partition coefficient (Wildman–Crippen LogP) is 3.06. The molecule has 2 rings (SSSR count). The van der Waals surface area contributed by atoms with Crippen LogP contribution in [0.5, 0.6) is 0 Å². The summed E-state index contributed by atoms with van der Waals surface area (Å²) in [5, 5.41) is 1.29. The summed E-state index contributed by atoms with van der Waals surface area (Å²) in [6.45, 7) is 0. The summed E-state index contributed by atoms with van der Waals surface area (Å²) in [5.74, 6) is 0.654. The number of benzene rings is 1. The van der Waals surface area contributed by atoms with Crippen molar-refractivity contribution in [3.05, 3.63) is 33.8 Å². The highest BCUT2D eigenvalue weighted by atomic mass is 35.5. The summed E-state index contributed by atoms with van der Waals surface area (Å²) < 4.78 is 0. The summed E-state index contributed by atoms with van der Waals surface area (Å²) in [7, 11) is 0. The third-order valence-electron chi connectivity index (χ3n) is 2.28. The minimum atomic E-state index is 0.455. The van der Waals surface area contributed by atoms with Crippen molar-refractivity contribution in [2.24, 2.45) is 10.7 Å². The van der Waals surface area contributed by atoms with Gasteiger partial charge in [0.2, 0.25) is 0 Å². The Bertz CT molecular complexity index is 398. The summed E-state index contributed by atoms with van der Waals surface area (Å²) >= 11 is 11.8. The largest absolute Gasteiger partial charge is 0.387 e. The molecular formula is C11H12Cl2N2. The normalized spacial score (nSPS) is 16.8. The molecule has 1 aromatic rings. The lowest BCUT2D eigenvalue weighted by molar-refractivity contribution is 1.04. The van der Waals surface area contributed by atoms with E-state index in [-0.39, 0.29) is 0 Å². The van der Waals surface area contributed by atoms with Crippen LogP contribution in [0.15, 0.2) is 23.2 Å². The Morgan fingerprint density at radius 3 is 2.73 bits per heavy atom. The highest BCUT2D eigenvalue weighted by molar-refractivity contribution is 6.35. The SMILES string of the molecule is NC(Cc1ccc(Cl)cc1Cl)=NC1CC1. The molecule has 0 bridgehead atoms. The zero-order valence-electron chi connectivity index (χ0n) is 8.21. The van der Waals surface area contributed by atoms with E-state index in [0.717, 1.165) is 18.4 Å². The van der Waals surface area contributed by atoms with Crippen LogP contribution < -0.4 is 5.73 Å². The summed E-state index contributed by atoms with van der Waals surface area (Å²) in [4.78, 5) is 4.35. The molecule has 0 aliphatic heterocycles. The van der Waals surface area contributed by atoms with Gasteiger partial charge in [-0.05, 0) is 30.5 Å². The molecule has 2 nitrogen and oxygen atoms in total. The molecule has 1 saturated carbocycles. The van der Waals surface area contributed by atoms with E-state index in [9.17, 15) is 0 Å². The Kier molecular flexibility index (Phi) is 3.17. The molecule has 2 N–H and O–H groups in total. The lowest BCUT2D eigenvalue weighted by Crippen LogP contribution is -2.16. The van der Waals surface area contributed by atoms with Gasteiger partial charge in [0.15, 0.2) is 0 Å². The predicted molar refractivity (Wildman–Crippen MR) is 64.8 cm³/mol. The number of hydrogen-bond donors (Lipinski definition) is 1. The first-order chi connectivity index (χ1) is 7.15. The van der Waals surface area contributed by atoms with Crippen molar-refractivity contribution in [2.75, 3.05) is 0 Å². The van der Waals surface area contributed by atoms with Crippen LogP contribution in [0.4, 0.5) is 0 Å². The van der Waals surface area contributed by atoms with Crippen molar-refractivity contribution < 1.29 is 0 Å². The van der Waals surface area contributed by atoms with Crippen LogP contribution in [0, 0.1) is 0 Å². The second-order valence-corrected chi connectivity index (χ2v) is 4.61. The molecule has 80 valence electrons. The van der Waals surface area contributed by atoms with Crippen LogP contribution in [0.2, 0.25) is 10.0 Å². The Morgan fingerprint density at radius 1 is 1.40 bits per heavy atom. The fraction of sp³-hybridized carbons (Fsp3) is 0.364. The first-order valence-corrected chi connectivity index (χ1v) is 5.67. The van der Waals surface area contributed by atoms with E-state index in [1.807, 2.05) is 12.1 Å². The molecule has 1 aromatic carbocycles. The van der Waals surface area contributed by atoms with Gasteiger partial charge in [0, 0.05) is 16.5 Å². The topological polar surface area (TPSA) is 38.4 Å². The molecule has 0 saturated heterocycles. The second-order valence-electron chi connectivity index (χ2n) is 3.76. The number of halogens is 2. The Balaban J connectivity index is 2.09. The average molecular weight is 243 g/mol. The van der Waals surface area contributed by atoms with E-state index in [2.05, 4.69) is 4.99 Å². The zero-order valence-corrected chi connectivity index (χ0v) is 9.72. The van der Waals surface area contributed by atoms with E-state index in [0.29, 0.717) is 28.3 Å². The molecule has 1 aliphatic carbocycles. The molecule has 15 heavy (non-hydrogen) atoms. The maximum atomic E-state index is 6.03. The zero-order chi connectivity index (χ0) is 10.8. The van der Waals surface area contributed by atoms with Gasteiger partial charge >= 0.3 is 0 Å². The Morgan fingerprint density at radius 2 is 2.13 bits per heavy atom. The maximum absolute atomic E-state index is 6.03. The third-order valence-corrected chi connectivity index (χ3v) is 2.87. The summed E-state index contributed by atoms with van der Waals surface area (Å²) in [6, 6.07) is 5.88. The number of rotatable bonds is 3. The first kappa shape index (κ1) is 10.8. The molecule has 1 fully saturated rings. The van der Waals surface area contributed by atoms with Crippen LogP contribution in [0.3, 0.4) is 0 Å².